The van der Waals surface area contributed by atoms with Crippen molar-refractivity contribution in [3.8, 4) is 23.0 Å². The van der Waals surface area contributed by atoms with Crippen molar-refractivity contribution in [3.63, 3.8) is 0 Å². The minimum atomic E-state index is -1.91. The number of fused-ring (bicyclic) bond motifs is 3. The summed E-state index contributed by atoms with van der Waals surface area (Å²) in [5.41, 5.74) is 5.97. The van der Waals surface area contributed by atoms with E-state index in [4.69, 9.17) is 24.7 Å². The minimum Gasteiger partial charge on any atom is -0.507 e. The molecule has 1 heterocycles. The number of aromatic hydroxyl groups is 2. The molecule has 14 heteroatoms. The molecule has 3 aromatic rings. The number of hydrogen-bond acceptors (Lipinski definition) is 13. The lowest BCUT2D eigenvalue weighted by Crippen LogP contribution is -2.52. The average molecular weight is 718 g/mol. The fraction of sp³-hybridized carbons (Fsp3) is 0.421. The monoisotopic (exact) mass is 717 g/mol. The predicted molar refractivity (Wildman–Crippen MR) is 187 cm³/mol. The predicted octanol–water partition coefficient (Wildman–Crippen LogP) is 3.42. The van der Waals surface area contributed by atoms with E-state index in [0.29, 0.717) is 12.4 Å². The van der Waals surface area contributed by atoms with E-state index in [9.17, 15) is 34.8 Å². The van der Waals surface area contributed by atoms with Gasteiger partial charge in [0.05, 0.1) is 54.4 Å². The van der Waals surface area contributed by atoms with E-state index in [-0.39, 0.29) is 58.5 Å². The van der Waals surface area contributed by atoms with Crippen LogP contribution in [-0.4, -0.2) is 87.5 Å². The van der Waals surface area contributed by atoms with E-state index < -0.39 is 76.3 Å². The van der Waals surface area contributed by atoms with Crippen LogP contribution in [0.15, 0.2) is 47.6 Å². The van der Waals surface area contributed by atoms with Crippen molar-refractivity contribution in [2.24, 2.45) is 10.8 Å². The number of nitrogens with two attached hydrogens (primary N) is 1. The zero-order valence-electron chi connectivity index (χ0n) is 29.3. The van der Waals surface area contributed by atoms with Crippen LogP contribution in [0.25, 0.3) is 0 Å². The Morgan fingerprint density at radius 1 is 1.08 bits per heavy atom. The van der Waals surface area contributed by atoms with Crippen LogP contribution in [0.2, 0.25) is 0 Å². The number of nitrogens with zero attached hydrogens (tertiary/aromatic N) is 1. The van der Waals surface area contributed by atoms with Gasteiger partial charge in [-0.15, -0.1) is 0 Å². The Bertz CT molecular complexity index is 1920. The van der Waals surface area contributed by atoms with Crippen LogP contribution >= 0.6 is 0 Å². The summed E-state index contributed by atoms with van der Waals surface area (Å²) in [6, 6.07) is 10.2. The third kappa shape index (κ3) is 6.63. The number of phenols is 2. The number of carbonyl (C=O) groups is 3. The first-order valence-electron chi connectivity index (χ1n) is 17.2. The lowest BCUT2D eigenvalue weighted by Gasteiger charge is -2.42. The number of ketones is 2. The second-order valence-electron chi connectivity index (χ2n) is 13.4. The highest BCUT2D eigenvalue weighted by atomic mass is 16.7. The van der Waals surface area contributed by atoms with Crippen LogP contribution in [0.1, 0.15) is 106 Å². The molecular weight excluding hydrogens is 674 g/mol. The van der Waals surface area contributed by atoms with Gasteiger partial charge in [0, 0.05) is 47.6 Å². The quantitative estimate of drug-likeness (QED) is 0.0602. The SMILES string of the molecule is CCCCOc1ccc(C(=O)N/N=C(\C)C2(O)Cc3c(O)c4c(c(O)c3C(OC3CC(N)C(O)C(C)O3)C2)C(=O)c2c(OC)cccc2C4=O)cc1. The number of benzene rings is 3. The van der Waals surface area contributed by atoms with Crippen molar-refractivity contribution in [2.45, 2.75) is 89.1 Å². The highest BCUT2D eigenvalue weighted by Crippen LogP contribution is 2.52. The molecule has 0 radical (unpaired) electrons. The Kier molecular flexibility index (Phi) is 10.4. The first kappa shape index (κ1) is 36.9. The van der Waals surface area contributed by atoms with Crippen LogP contribution in [-0.2, 0) is 15.9 Å². The van der Waals surface area contributed by atoms with E-state index >= 15 is 0 Å². The number of hydrazone groups is 1. The van der Waals surface area contributed by atoms with E-state index in [1.54, 1.807) is 31.2 Å². The lowest BCUT2D eigenvalue weighted by atomic mass is 9.71. The molecule has 6 unspecified atom stereocenters. The van der Waals surface area contributed by atoms with Gasteiger partial charge in [-0.05, 0) is 50.6 Å². The normalized spacial score (nSPS) is 25.5. The van der Waals surface area contributed by atoms with Gasteiger partial charge < -0.3 is 45.1 Å². The number of carbonyl (C=O) groups excluding carboxylic acids is 3. The molecule has 1 saturated heterocycles. The number of hydrogen-bond donors (Lipinski definition) is 6. The van der Waals surface area contributed by atoms with Crippen LogP contribution < -0.4 is 20.6 Å². The zero-order chi connectivity index (χ0) is 37.5. The van der Waals surface area contributed by atoms with E-state index in [0.717, 1.165) is 12.8 Å². The largest absolute Gasteiger partial charge is 0.507 e. The molecule has 6 atom stereocenters. The number of ether oxygens (including phenoxy) is 4. The summed E-state index contributed by atoms with van der Waals surface area (Å²) in [4.78, 5) is 40.9. The van der Waals surface area contributed by atoms with Crippen LogP contribution in [0, 0.1) is 0 Å². The first-order chi connectivity index (χ1) is 24.8. The highest BCUT2D eigenvalue weighted by molar-refractivity contribution is 6.31. The van der Waals surface area contributed by atoms with Crippen molar-refractivity contribution in [3.05, 3.63) is 81.4 Å². The highest BCUT2D eigenvalue weighted by Gasteiger charge is 2.49. The summed E-state index contributed by atoms with van der Waals surface area (Å²) < 4.78 is 23.2. The number of amides is 1. The van der Waals surface area contributed by atoms with Crippen LogP contribution in [0.3, 0.4) is 0 Å². The molecule has 1 aliphatic heterocycles. The van der Waals surface area contributed by atoms with E-state index in [1.807, 2.05) is 0 Å². The molecule has 3 aromatic carbocycles. The molecule has 1 fully saturated rings. The van der Waals surface area contributed by atoms with Crippen LogP contribution in [0.4, 0.5) is 0 Å². The molecule has 0 bridgehead atoms. The maximum atomic E-state index is 14.0. The van der Waals surface area contributed by atoms with Gasteiger partial charge in [-0.1, -0.05) is 25.5 Å². The summed E-state index contributed by atoms with van der Waals surface area (Å²) in [6.45, 7) is 5.71. The fourth-order valence-electron chi connectivity index (χ4n) is 7.01. The van der Waals surface area contributed by atoms with Gasteiger partial charge in [0.1, 0.15) is 28.6 Å². The summed E-state index contributed by atoms with van der Waals surface area (Å²) in [7, 11) is 1.34. The van der Waals surface area contributed by atoms with Gasteiger partial charge in [-0.25, -0.2) is 5.43 Å². The molecule has 0 saturated carbocycles. The maximum absolute atomic E-state index is 14.0. The second-order valence-corrected chi connectivity index (χ2v) is 13.4. The van der Waals surface area contributed by atoms with Gasteiger partial charge in [0.15, 0.2) is 12.1 Å². The van der Waals surface area contributed by atoms with Gasteiger partial charge in [0.25, 0.3) is 5.91 Å². The molecule has 7 N–H and O–H groups in total. The summed E-state index contributed by atoms with van der Waals surface area (Å²) >= 11 is 0. The standard InChI is InChI=1S/C38H43N3O11/c1-5-6-14-50-21-12-10-20(11-13-21)37(47)41-40-19(3)38(48)16-23-29(26(17-38)52-27-15-24(39)32(42)18(2)51-27)36(46)31-30(34(23)44)33(43)22-8-7-9-25(49-4)28(22)35(31)45/h7-13,18,24,26-27,32,42,44,46,48H,5-6,14-17,39H2,1-4H3,(H,41,47)/b40-19+. The van der Waals surface area contributed by atoms with Crippen molar-refractivity contribution in [1.29, 1.82) is 0 Å². The Balaban J connectivity index is 1.37. The minimum absolute atomic E-state index is 0.0245. The zero-order valence-corrected chi connectivity index (χ0v) is 29.3. The topological polar surface area (TPSA) is 219 Å². The Hall–Kier alpha value is -4.86. The van der Waals surface area contributed by atoms with Crippen molar-refractivity contribution in [1.82, 2.24) is 5.43 Å². The Morgan fingerprint density at radius 2 is 1.79 bits per heavy atom. The van der Waals surface area contributed by atoms with E-state index in [2.05, 4.69) is 17.5 Å². The third-order valence-corrected chi connectivity index (χ3v) is 10.0. The molecule has 1 amide bonds. The number of nitrogens with one attached hydrogen (secondary N) is 1. The Labute approximate surface area is 300 Å². The summed E-state index contributed by atoms with van der Waals surface area (Å²) in [6.07, 6.45) is -2.72. The number of aliphatic hydroxyl groups excluding tert-OH is 1. The smallest absolute Gasteiger partial charge is 0.271 e. The first-order valence-corrected chi connectivity index (χ1v) is 17.2. The van der Waals surface area contributed by atoms with Crippen molar-refractivity contribution < 1.29 is 53.8 Å². The van der Waals surface area contributed by atoms with Gasteiger partial charge in [-0.3, -0.25) is 14.4 Å². The third-order valence-electron chi connectivity index (χ3n) is 10.0. The molecular formula is C38H43N3O11. The van der Waals surface area contributed by atoms with Crippen molar-refractivity contribution in [2.75, 3.05) is 13.7 Å². The van der Waals surface area contributed by atoms with Crippen LogP contribution in [0.5, 0.6) is 23.0 Å². The van der Waals surface area contributed by atoms with Gasteiger partial charge in [-0.2, -0.15) is 5.10 Å². The number of phenolic OH excluding ortho intramolecular Hbond substituents is 2. The molecule has 14 nitrogen and oxygen atoms in total. The molecule has 3 aliphatic rings. The van der Waals surface area contributed by atoms with Crippen molar-refractivity contribution >= 4 is 23.2 Å². The summed E-state index contributed by atoms with van der Waals surface area (Å²) in [5, 5.41) is 50.3. The molecule has 0 aromatic heterocycles. The number of unbranched alkanes of at least 4 members (excludes halogenated alkanes) is 1. The number of rotatable bonds is 10. The molecule has 2 aliphatic carbocycles. The average Bonchev–Trinajstić information content (AvgIpc) is 3.12. The summed E-state index contributed by atoms with van der Waals surface area (Å²) in [5.74, 6) is -2.53. The molecule has 0 spiro atoms. The fourth-order valence-corrected chi connectivity index (χ4v) is 7.01. The maximum Gasteiger partial charge on any atom is 0.271 e. The van der Waals surface area contributed by atoms with E-state index in [1.165, 1.54) is 32.2 Å². The molecule has 52 heavy (non-hydrogen) atoms. The molecule has 6 rings (SSSR count). The van der Waals surface area contributed by atoms with Gasteiger partial charge in [0.2, 0.25) is 5.78 Å². The Morgan fingerprint density at radius 3 is 2.46 bits per heavy atom. The lowest BCUT2D eigenvalue weighted by molar-refractivity contribution is -0.245. The number of methoxy groups -OCH3 is 1. The molecule has 276 valence electrons. The number of aliphatic hydroxyl groups is 2. The van der Waals surface area contributed by atoms with Gasteiger partial charge >= 0.3 is 0 Å². The second kappa shape index (κ2) is 14.6.